The molecule has 146 valence electrons. The molecule has 0 aliphatic carbocycles. The second kappa shape index (κ2) is 9.03. The van der Waals surface area contributed by atoms with Crippen molar-refractivity contribution >= 4 is 23.7 Å². The van der Waals surface area contributed by atoms with Gasteiger partial charge in [0.2, 0.25) is 11.8 Å². The van der Waals surface area contributed by atoms with E-state index in [1.165, 1.54) is 5.56 Å². The van der Waals surface area contributed by atoms with E-state index in [1.807, 2.05) is 38.1 Å². The number of carbonyl (C=O) groups excluding carboxylic acids is 2. The van der Waals surface area contributed by atoms with Crippen LogP contribution >= 0.6 is 11.8 Å². The topological polar surface area (TPSA) is 97.1 Å². The van der Waals surface area contributed by atoms with Gasteiger partial charge in [-0.25, -0.2) is 4.79 Å². The quantitative estimate of drug-likeness (QED) is 0.732. The Labute approximate surface area is 163 Å². The number of nitrogens with one attached hydrogen (secondary N) is 2. The van der Waals surface area contributed by atoms with Gasteiger partial charge in [0, 0.05) is 12.1 Å². The van der Waals surface area contributed by atoms with Gasteiger partial charge in [-0.3, -0.25) is 10.1 Å². The van der Waals surface area contributed by atoms with Gasteiger partial charge >= 0.3 is 6.03 Å². The molecule has 27 heavy (non-hydrogen) atoms. The molecule has 0 spiro atoms. The molecule has 3 amide bonds. The van der Waals surface area contributed by atoms with E-state index >= 15 is 0 Å². The number of amides is 3. The van der Waals surface area contributed by atoms with Crippen LogP contribution in [0.15, 0.2) is 33.9 Å². The number of imide groups is 1. The highest BCUT2D eigenvalue weighted by atomic mass is 32.2. The lowest BCUT2D eigenvalue weighted by atomic mass is 9.87. The molecule has 1 aromatic carbocycles. The fourth-order valence-corrected chi connectivity index (χ4v) is 2.69. The van der Waals surface area contributed by atoms with Crippen molar-refractivity contribution in [2.75, 3.05) is 12.3 Å². The maximum atomic E-state index is 11.8. The molecule has 1 heterocycles. The summed E-state index contributed by atoms with van der Waals surface area (Å²) >= 11 is 1.09. The minimum Gasteiger partial charge on any atom is -0.411 e. The maximum absolute atomic E-state index is 11.8. The zero-order valence-electron chi connectivity index (χ0n) is 16.3. The van der Waals surface area contributed by atoms with Crippen LogP contribution in [0, 0.1) is 5.92 Å². The number of hydrogen-bond acceptors (Lipinski definition) is 6. The highest BCUT2D eigenvalue weighted by Crippen LogP contribution is 2.27. The second-order valence-corrected chi connectivity index (χ2v) is 8.57. The van der Waals surface area contributed by atoms with Gasteiger partial charge in [-0.2, -0.15) is 0 Å². The molecule has 0 aliphatic rings. The molecule has 0 unspecified atom stereocenters. The summed E-state index contributed by atoms with van der Waals surface area (Å²) in [6, 6.07) is 7.45. The fraction of sp³-hybridized carbons (Fsp3) is 0.474. The number of aromatic nitrogens is 2. The molecule has 0 aliphatic heterocycles. The monoisotopic (exact) mass is 390 g/mol. The Balaban J connectivity index is 1.87. The largest absolute Gasteiger partial charge is 0.411 e. The van der Waals surface area contributed by atoms with Crippen LogP contribution in [-0.2, 0) is 10.2 Å². The van der Waals surface area contributed by atoms with Crippen molar-refractivity contribution in [2.24, 2.45) is 5.92 Å². The number of urea groups is 1. The zero-order chi connectivity index (χ0) is 20.0. The molecule has 2 N–H and O–H groups in total. The van der Waals surface area contributed by atoms with Crippen LogP contribution in [0.1, 0.15) is 40.2 Å². The van der Waals surface area contributed by atoms with Crippen molar-refractivity contribution in [1.29, 1.82) is 0 Å². The van der Waals surface area contributed by atoms with E-state index in [2.05, 4.69) is 41.6 Å². The third-order valence-corrected chi connectivity index (χ3v) is 4.47. The first kappa shape index (κ1) is 21.0. The van der Waals surface area contributed by atoms with Gasteiger partial charge in [0.25, 0.3) is 5.22 Å². The molecule has 0 saturated heterocycles. The average molecular weight is 391 g/mol. The molecular weight excluding hydrogens is 364 g/mol. The van der Waals surface area contributed by atoms with E-state index in [9.17, 15) is 9.59 Å². The van der Waals surface area contributed by atoms with E-state index in [4.69, 9.17) is 4.42 Å². The third kappa shape index (κ3) is 6.71. The highest BCUT2D eigenvalue weighted by molar-refractivity contribution is 7.99. The number of benzene rings is 1. The minimum atomic E-state index is -0.501. The number of nitrogens with zero attached hydrogens (tertiary/aromatic N) is 2. The average Bonchev–Trinajstić information content (AvgIpc) is 3.06. The van der Waals surface area contributed by atoms with Crippen LogP contribution < -0.4 is 10.6 Å². The molecule has 0 radical (unpaired) electrons. The SMILES string of the molecule is CC(C)CNC(=O)NC(=O)CSc1nnc(-c2ccc(C(C)(C)C)cc2)o1. The summed E-state index contributed by atoms with van der Waals surface area (Å²) in [5.41, 5.74) is 2.11. The van der Waals surface area contributed by atoms with E-state index in [-0.39, 0.29) is 16.4 Å². The summed E-state index contributed by atoms with van der Waals surface area (Å²) in [5, 5.41) is 13.1. The van der Waals surface area contributed by atoms with Crippen LogP contribution in [0.4, 0.5) is 4.79 Å². The first-order chi connectivity index (χ1) is 12.6. The molecule has 7 nitrogen and oxygen atoms in total. The van der Waals surface area contributed by atoms with Crippen LogP contribution in [0.5, 0.6) is 0 Å². The first-order valence-corrected chi connectivity index (χ1v) is 9.78. The molecule has 1 aromatic heterocycles. The Morgan fingerprint density at radius 3 is 2.41 bits per heavy atom. The van der Waals surface area contributed by atoms with Crippen LogP contribution in [0.2, 0.25) is 0 Å². The van der Waals surface area contributed by atoms with Gasteiger partial charge < -0.3 is 9.73 Å². The number of thioether (sulfide) groups is 1. The van der Waals surface area contributed by atoms with Gasteiger partial charge in [0.15, 0.2) is 0 Å². The number of carbonyl (C=O) groups is 2. The first-order valence-electron chi connectivity index (χ1n) is 8.80. The van der Waals surface area contributed by atoms with Crippen LogP contribution in [-0.4, -0.2) is 34.4 Å². The predicted molar refractivity (Wildman–Crippen MR) is 106 cm³/mol. The van der Waals surface area contributed by atoms with E-state index in [0.29, 0.717) is 18.4 Å². The molecule has 2 aromatic rings. The lowest BCUT2D eigenvalue weighted by Crippen LogP contribution is -2.41. The summed E-state index contributed by atoms with van der Waals surface area (Å²) in [7, 11) is 0. The molecule has 0 bridgehead atoms. The number of rotatable bonds is 6. The van der Waals surface area contributed by atoms with Gasteiger partial charge in [-0.1, -0.05) is 58.5 Å². The van der Waals surface area contributed by atoms with Crippen molar-refractivity contribution in [2.45, 2.75) is 45.3 Å². The number of hydrogen-bond donors (Lipinski definition) is 2. The normalized spacial score (nSPS) is 11.5. The van der Waals surface area contributed by atoms with E-state index in [1.54, 1.807) is 0 Å². The molecule has 0 atom stereocenters. The Kier molecular flexibility index (Phi) is 7.01. The van der Waals surface area contributed by atoms with Crippen molar-refractivity contribution in [3.8, 4) is 11.5 Å². The molecule has 0 saturated carbocycles. The maximum Gasteiger partial charge on any atom is 0.321 e. The van der Waals surface area contributed by atoms with Crippen molar-refractivity contribution in [1.82, 2.24) is 20.8 Å². The Morgan fingerprint density at radius 1 is 1.15 bits per heavy atom. The van der Waals surface area contributed by atoms with Crippen molar-refractivity contribution < 1.29 is 14.0 Å². The molecular formula is C19H26N4O3S. The standard InChI is InChI=1S/C19H26N4O3S/c1-12(2)10-20-17(25)21-15(24)11-27-18-23-22-16(26-18)13-6-8-14(9-7-13)19(3,4)5/h6-9,12H,10-11H2,1-5H3,(H2,20,21,24,25). The zero-order valence-corrected chi connectivity index (χ0v) is 17.1. The fourth-order valence-electron chi connectivity index (χ4n) is 2.13. The van der Waals surface area contributed by atoms with E-state index < -0.39 is 11.9 Å². The summed E-state index contributed by atoms with van der Waals surface area (Å²) in [5.74, 6) is 0.303. The Hall–Kier alpha value is -2.35. The lowest BCUT2D eigenvalue weighted by Gasteiger charge is -2.18. The summed E-state index contributed by atoms with van der Waals surface area (Å²) in [6.45, 7) is 10.9. The summed E-state index contributed by atoms with van der Waals surface area (Å²) in [6.07, 6.45) is 0. The Bertz CT molecular complexity index is 779. The summed E-state index contributed by atoms with van der Waals surface area (Å²) in [4.78, 5) is 23.3. The molecule has 0 fully saturated rings. The van der Waals surface area contributed by atoms with Crippen molar-refractivity contribution in [3.63, 3.8) is 0 Å². The van der Waals surface area contributed by atoms with Gasteiger partial charge in [-0.15, -0.1) is 10.2 Å². The van der Waals surface area contributed by atoms with Gasteiger partial charge in [0.05, 0.1) is 5.75 Å². The molecule has 2 rings (SSSR count). The summed E-state index contributed by atoms with van der Waals surface area (Å²) < 4.78 is 5.59. The van der Waals surface area contributed by atoms with Gasteiger partial charge in [-0.05, 0) is 29.0 Å². The second-order valence-electron chi connectivity index (χ2n) is 7.64. The van der Waals surface area contributed by atoms with Crippen LogP contribution in [0.3, 0.4) is 0 Å². The van der Waals surface area contributed by atoms with Gasteiger partial charge in [0.1, 0.15) is 0 Å². The lowest BCUT2D eigenvalue weighted by molar-refractivity contribution is -0.117. The predicted octanol–water partition coefficient (Wildman–Crippen LogP) is 3.61. The van der Waals surface area contributed by atoms with Crippen LogP contribution in [0.25, 0.3) is 11.5 Å². The molecule has 8 heteroatoms. The highest BCUT2D eigenvalue weighted by Gasteiger charge is 2.16. The Morgan fingerprint density at radius 2 is 1.81 bits per heavy atom. The van der Waals surface area contributed by atoms with E-state index in [0.717, 1.165) is 17.3 Å². The third-order valence-electron chi connectivity index (χ3n) is 3.65. The minimum absolute atomic E-state index is 0.0136. The van der Waals surface area contributed by atoms with Crippen molar-refractivity contribution in [3.05, 3.63) is 29.8 Å². The smallest absolute Gasteiger partial charge is 0.321 e.